The van der Waals surface area contributed by atoms with Crippen LogP contribution in [0.2, 0.25) is 0 Å². The van der Waals surface area contributed by atoms with Gasteiger partial charge in [0, 0.05) is 49.3 Å². The molecule has 1 radical (unpaired) electrons. The van der Waals surface area contributed by atoms with E-state index in [0.717, 1.165) is 83.7 Å². The van der Waals surface area contributed by atoms with Gasteiger partial charge in [-0.1, -0.05) is 169 Å². The maximum Gasteiger partial charge on any atom is 0.0774 e. The molecule has 0 aliphatic rings. The minimum absolute atomic E-state index is 0. The van der Waals surface area contributed by atoms with Crippen LogP contribution in [0, 0.1) is 12.3 Å². The zero-order chi connectivity index (χ0) is 38.7. The molecule has 0 bridgehead atoms. The molecule has 11 rings (SSSR count). The molecular weight excluding hydrogens is 899 g/mol. The Hall–Kier alpha value is -7.17. The van der Waals surface area contributed by atoms with E-state index in [1.807, 2.05) is 54.6 Å². The number of pyridine rings is 1. The molecule has 0 saturated heterocycles. The average molecular weight is 934 g/mol. The van der Waals surface area contributed by atoms with E-state index < -0.39 is 0 Å². The number of para-hydroxylation sites is 3. The van der Waals surface area contributed by atoms with Crippen LogP contribution < -0.4 is 0 Å². The molecule has 0 unspecified atom stereocenters. The van der Waals surface area contributed by atoms with Gasteiger partial charge in [0.05, 0.1) is 22.5 Å². The molecule has 3 aromatic heterocycles. The summed E-state index contributed by atoms with van der Waals surface area (Å²) in [5.74, 6) is 0.788. The molecular formula is C54H35IrN3O-2. The van der Waals surface area contributed by atoms with Crippen LogP contribution in [0.1, 0.15) is 0 Å². The number of fused-ring (bicyclic) bond motifs is 3. The Morgan fingerprint density at radius 3 is 1.90 bits per heavy atom. The molecule has 8 aromatic carbocycles. The fourth-order valence-electron chi connectivity index (χ4n) is 7.67. The van der Waals surface area contributed by atoms with Crippen LogP contribution in [0.3, 0.4) is 0 Å². The minimum Gasteiger partial charge on any atom is -0.557 e. The summed E-state index contributed by atoms with van der Waals surface area (Å²) < 4.78 is 8.40. The Bertz CT molecular complexity index is 3060. The number of furan rings is 1. The second-order valence-electron chi connectivity index (χ2n) is 14.0. The molecule has 0 saturated carbocycles. The van der Waals surface area contributed by atoms with Crippen molar-refractivity contribution in [1.82, 2.24) is 14.5 Å². The number of hydrogen-bond acceptors (Lipinski definition) is 3. The van der Waals surface area contributed by atoms with Gasteiger partial charge in [0.2, 0.25) is 0 Å². The fraction of sp³-hybridized carbons (Fsp3) is 0. The van der Waals surface area contributed by atoms with Gasteiger partial charge in [0.1, 0.15) is 0 Å². The Labute approximate surface area is 356 Å². The maximum absolute atomic E-state index is 6.10. The SMILES string of the molecule is [Ir].[c-]1ccccc1-c1ccccn1.[c-]1oc2ccc(-c3ccc4ccccc4c3)cc2c1-c1nc2ccccc2n1-c1c(-c2ccccc2)cccc1-c1ccccc1. The Balaban J connectivity index is 0.000000297. The standard InChI is InChI=1S/C43H27N2O.C11H8N.Ir/c1-3-13-30(14-4-1)35-18-11-19-36(31-15-5-2-6-16-31)42(35)45-40-21-10-9-20-39(40)44-43(45)38-28-46-41-25-24-34(27-37(38)41)33-23-22-29-12-7-8-17-32(29)26-33;1-2-6-10(7-3-1)11-8-4-5-9-12-11;/h1-27H;1-6,8-9H;/q2*-1;. The predicted molar refractivity (Wildman–Crippen MR) is 237 cm³/mol. The normalized spacial score (nSPS) is 10.9. The molecule has 0 amide bonds. The fourth-order valence-corrected chi connectivity index (χ4v) is 7.67. The summed E-state index contributed by atoms with van der Waals surface area (Å²) in [5.41, 5.74) is 13.4. The predicted octanol–water partition coefficient (Wildman–Crippen LogP) is 13.9. The summed E-state index contributed by atoms with van der Waals surface area (Å²) in [7, 11) is 0. The van der Waals surface area contributed by atoms with E-state index in [9.17, 15) is 0 Å². The van der Waals surface area contributed by atoms with Crippen molar-refractivity contribution in [2.24, 2.45) is 0 Å². The maximum atomic E-state index is 6.10. The first-order chi connectivity index (χ1) is 28.8. The van der Waals surface area contributed by atoms with E-state index in [-0.39, 0.29) is 20.1 Å². The third-order valence-electron chi connectivity index (χ3n) is 10.5. The van der Waals surface area contributed by atoms with E-state index in [1.165, 1.54) is 10.8 Å². The summed E-state index contributed by atoms with van der Waals surface area (Å²) in [4.78, 5) is 9.48. The van der Waals surface area contributed by atoms with E-state index in [2.05, 4.69) is 174 Å². The molecule has 4 nitrogen and oxygen atoms in total. The van der Waals surface area contributed by atoms with Crippen LogP contribution in [0.25, 0.3) is 94.5 Å². The van der Waals surface area contributed by atoms with Gasteiger partial charge in [-0.05, 0) is 63.0 Å². The zero-order valence-electron chi connectivity index (χ0n) is 31.8. The van der Waals surface area contributed by atoms with Gasteiger partial charge in [-0.25, -0.2) is 0 Å². The van der Waals surface area contributed by atoms with E-state index in [1.54, 1.807) is 6.20 Å². The van der Waals surface area contributed by atoms with Crippen molar-refractivity contribution >= 4 is 32.8 Å². The Morgan fingerprint density at radius 2 is 1.17 bits per heavy atom. The smallest absolute Gasteiger partial charge is 0.0774 e. The number of aromatic nitrogens is 3. The summed E-state index contributed by atoms with van der Waals surface area (Å²) >= 11 is 0. The van der Waals surface area contributed by atoms with Gasteiger partial charge in [-0.2, -0.15) is 0 Å². The topological polar surface area (TPSA) is 43.9 Å². The number of rotatable bonds is 6. The van der Waals surface area contributed by atoms with Crippen LogP contribution >= 0.6 is 0 Å². The Morgan fingerprint density at radius 1 is 0.508 bits per heavy atom. The van der Waals surface area contributed by atoms with Gasteiger partial charge < -0.3 is 14.0 Å². The van der Waals surface area contributed by atoms with E-state index in [4.69, 9.17) is 9.40 Å². The van der Waals surface area contributed by atoms with Crippen LogP contribution in [0.15, 0.2) is 217 Å². The average Bonchev–Trinajstić information content (AvgIpc) is 3.91. The van der Waals surface area contributed by atoms with Gasteiger partial charge in [-0.3, -0.25) is 4.98 Å². The Kier molecular flexibility index (Phi) is 10.6. The quantitative estimate of drug-likeness (QED) is 0.156. The molecule has 3 heterocycles. The third kappa shape index (κ3) is 7.42. The van der Waals surface area contributed by atoms with Crippen molar-refractivity contribution in [3.63, 3.8) is 0 Å². The second-order valence-corrected chi connectivity index (χ2v) is 14.0. The van der Waals surface area contributed by atoms with E-state index in [0.29, 0.717) is 0 Å². The second kappa shape index (κ2) is 16.7. The van der Waals surface area contributed by atoms with Crippen LogP contribution in [0.4, 0.5) is 0 Å². The summed E-state index contributed by atoms with van der Waals surface area (Å²) in [5, 5.41) is 3.41. The molecule has 0 fully saturated rings. The van der Waals surface area contributed by atoms with Crippen molar-refractivity contribution in [3.05, 3.63) is 225 Å². The summed E-state index contributed by atoms with van der Waals surface area (Å²) in [6.45, 7) is 0. The van der Waals surface area contributed by atoms with Crippen LogP contribution in [-0.2, 0) is 20.1 Å². The molecule has 5 heteroatoms. The van der Waals surface area contributed by atoms with Gasteiger partial charge in [-0.15, -0.1) is 35.9 Å². The molecule has 0 aliphatic heterocycles. The number of imidazole rings is 1. The van der Waals surface area contributed by atoms with Crippen LogP contribution in [0.5, 0.6) is 0 Å². The molecule has 11 aromatic rings. The minimum atomic E-state index is 0. The van der Waals surface area contributed by atoms with Gasteiger partial charge in [0.15, 0.2) is 0 Å². The van der Waals surface area contributed by atoms with Crippen molar-refractivity contribution < 1.29 is 24.5 Å². The van der Waals surface area contributed by atoms with Crippen molar-refractivity contribution in [1.29, 1.82) is 0 Å². The molecule has 0 spiro atoms. The first kappa shape index (κ1) is 37.4. The first-order valence-corrected chi connectivity index (χ1v) is 19.3. The van der Waals surface area contributed by atoms with Crippen LogP contribution in [-0.4, -0.2) is 14.5 Å². The monoisotopic (exact) mass is 934 g/mol. The van der Waals surface area contributed by atoms with Crippen molar-refractivity contribution in [2.75, 3.05) is 0 Å². The third-order valence-corrected chi connectivity index (χ3v) is 10.5. The number of hydrogen-bond donors (Lipinski definition) is 0. The number of nitrogens with zero attached hydrogens (tertiary/aromatic N) is 3. The summed E-state index contributed by atoms with van der Waals surface area (Å²) in [6, 6.07) is 74.3. The molecule has 283 valence electrons. The molecule has 0 aliphatic carbocycles. The molecule has 59 heavy (non-hydrogen) atoms. The van der Waals surface area contributed by atoms with E-state index >= 15 is 0 Å². The summed E-state index contributed by atoms with van der Waals surface area (Å²) in [6.07, 6.45) is 5.06. The van der Waals surface area contributed by atoms with Gasteiger partial charge >= 0.3 is 0 Å². The molecule has 0 atom stereocenters. The van der Waals surface area contributed by atoms with Gasteiger partial charge in [0.25, 0.3) is 0 Å². The number of benzene rings is 8. The zero-order valence-corrected chi connectivity index (χ0v) is 34.2. The first-order valence-electron chi connectivity index (χ1n) is 19.3. The largest absolute Gasteiger partial charge is 0.557 e. The van der Waals surface area contributed by atoms with Crippen molar-refractivity contribution in [2.45, 2.75) is 0 Å². The molecule has 0 N–H and O–H groups in total. The van der Waals surface area contributed by atoms with Crippen molar-refractivity contribution in [3.8, 4) is 61.7 Å².